The Balaban J connectivity index is 1.11. The van der Waals surface area contributed by atoms with E-state index in [-0.39, 0.29) is 0 Å². The second kappa shape index (κ2) is 12.0. The number of hydrogen-bond donors (Lipinski definition) is 0. The highest BCUT2D eigenvalue weighted by Gasteiger charge is 2.17. The maximum Gasteiger partial charge on any atom is 0.0619 e. The molecule has 9 aromatic carbocycles. The minimum absolute atomic E-state index is 1.16. The van der Waals surface area contributed by atoms with Crippen LogP contribution in [-0.4, -0.2) is 8.97 Å². The van der Waals surface area contributed by atoms with Crippen LogP contribution < -0.4 is 0 Å². The zero-order valence-corrected chi connectivity index (χ0v) is 30.5. The first-order valence-electron chi connectivity index (χ1n) is 19.4. The smallest absolute Gasteiger partial charge is 0.0619 e. The number of benzene rings is 9. The van der Waals surface area contributed by atoms with Crippen LogP contribution in [0.3, 0.4) is 0 Å². The first kappa shape index (κ1) is 31.0. The number of para-hydroxylation sites is 3. The zero-order valence-electron chi connectivity index (χ0n) is 30.5. The molecular formula is C54H34N2. The highest BCUT2D eigenvalue weighted by Crippen LogP contribution is 2.41. The summed E-state index contributed by atoms with van der Waals surface area (Å²) in [6.45, 7) is 0. The fraction of sp³-hybridized carbons (Fsp3) is 0. The molecule has 0 spiro atoms. The Labute approximate surface area is 323 Å². The molecule has 0 atom stereocenters. The molecule has 0 bridgehead atoms. The summed E-state index contributed by atoms with van der Waals surface area (Å²) in [7, 11) is 0. The highest BCUT2D eigenvalue weighted by molar-refractivity contribution is 6.25. The first-order valence-corrected chi connectivity index (χ1v) is 19.4. The molecule has 2 heteroatoms. The van der Waals surface area contributed by atoms with Gasteiger partial charge in [-0.15, -0.1) is 0 Å². The molecule has 3 heterocycles. The van der Waals surface area contributed by atoms with E-state index in [0.717, 1.165) is 5.69 Å². The van der Waals surface area contributed by atoms with Crippen molar-refractivity contribution in [3.63, 3.8) is 0 Å². The minimum Gasteiger partial charge on any atom is -0.309 e. The summed E-state index contributed by atoms with van der Waals surface area (Å²) in [6.07, 6.45) is 0. The van der Waals surface area contributed by atoms with E-state index in [0.29, 0.717) is 0 Å². The van der Waals surface area contributed by atoms with Gasteiger partial charge in [-0.2, -0.15) is 0 Å². The molecule has 0 amide bonds. The number of hydrogen-bond acceptors (Lipinski definition) is 0. The van der Waals surface area contributed by atoms with Crippen molar-refractivity contribution in [2.75, 3.05) is 0 Å². The van der Waals surface area contributed by atoms with Crippen LogP contribution >= 0.6 is 0 Å². The van der Waals surface area contributed by atoms with E-state index in [9.17, 15) is 0 Å². The van der Waals surface area contributed by atoms with Crippen molar-refractivity contribution in [3.8, 4) is 27.9 Å². The molecule has 0 saturated heterocycles. The van der Waals surface area contributed by atoms with Gasteiger partial charge in [0.25, 0.3) is 0 Å². The van der Waals surface area contributed by atoms with Crippen LogP contribution in [0.5, 0.6) is 0 Å². The molecular weight excluding hydrogens is 677 g/mol. The largest absolute Gasteiger partial charge is 0.309 e. The number of rotatable bonds is 3. The van der Waals surface area contributed by atoms with Gasteiger partial charge in [0.2, 0.25) is 0 Å². The lowest BCUT2D eigenvalue weighted by Crippen LogP contribution is -1.93. The number of fused-ring (bicyclic) bond motifs is 13. The molecule has 56 heavy (non-hydrogen) atoms. The van der Waals surface area contributed by atoms with E-state index in [4.69, 9.17) is 0 Å². The van der Waals surface area contributed by atoms with Crippen molar-refractivity contribution in [2.24, 2.45) is 0 Å². The van der Waals surface area contributed by atoms with Crippen LogP contribution in [0.25, 0.3) is 109 Å². The van der Waals surface area contributed by atoms with Crippen molar-refractivity contribution < 1.29 is 0 Å². The fourth-order valence-corrected chi connectivity index (χ4v) is 9.38. The van der Waals surface area contributed by atoms with E-state index >= 15 is 0 Å². The van der Waals surface area contributed by atoms with E-state index in [1.807, 2.05) is 0 Å². The number of nitrogens with zero attached hydrogens (tertiary/aromatic N) is 2. The Kier molecular flexibility index (Phi) is 6.66. The van der Waals surface area contributed by atoms with Crippen LogP contribution in [0.2, 0.25) is 0 Å². The van der Waals surface area contributed by atoms with Gasteiger partial charge in [0.1, 0.15) is 0 Å². The van der Waals surface area contributed by atoms with Gasteiger partial charge in [0, 0.05) is 38.0 Å². The Morgan fingerprint density at radius 3 is 1.29 bits per heavy atom. The van der Waals surface area contributed by atoms with Gasteiger partial charge < -0.3 is 8.97 Å². The van der Waals surface area contributed by atoms with Crippen molar-refractivity contribution >= 4 is 81.4 Å². The molecule has 0 unspecified atom stereocenters. The predicted molar refractivity (Wildman–Crippen MR) is 239 cm³/mol. The van der Waals surface area contributed by atoms with Gasteiger partial charge in [0.15, 0.2) is 0 Å². The maximum atomic E-state index is 2.51. The summed E-state index contributed by atoms with van der Waals surface area (Å²) < 4.78 is 4.91. The topological polar surface area (TPSA) is 9.34 Å². The summed E-state index contributed by atoms with van der Waals surface area (Å²) >= 11 is 0. The molecule has 0 N–H and O–H groups in total. The van der Waals surface area contributed by atoms with Crippen LogP contribution in [0.15, 0.2) is 206 Å². The molecule has 0 aliphatic heterocycles. The van der Waals surface area contributed by atoms with Gasteiger partial charge in [0.05, 0.1) is 27.6 Å². The highest BCUT2D eigenvalue weighted by atomic mass is 15.0. The third kappa shape index (κ3) is 4.50. The van der Waals surface area contributed by atoms with Gasteiger partial charge in [-0.05, 0) is 92.3 Å². The summed E-state index contributed by atoms with van der Waals surface area (Å²) in [5.74, 6) is 0. The lowest BCUT2D eigenvalue weighted by molar-refractivity contribution is 1.18. The van der Waals surface area contributed by atoms with Gasteiger partial charge >= 0.3 is 0 Å². The SMILES string of the molecule is c1ccc(-c2ccc(-n3c4ccccc4c4cc(-c5ccc6c(c5)c5cccc7c8ccccc8c8ccccc8c8ccccc8n6c75)ccc43)cc2)cc1. The number of aromatic nitrogens is 2. The van der Waals surface area contributed by atoms with E-state index < -0.39 is 0 Å². The summed E-state index contributed by atoms with van der Waals surface area (Å²) in [4.78, 5) is 0. The van der Waals surface area contributed by atoms with Crippen molar-refractivity contribution in [3.05, 3.63) is 206 Å². The normalized spacial score (nSPS) is 11.9. The summed E-state index contributed by atoms with van der Waals surface area (Å²) in [5.41, 5.74) is 12.1. The summed E-state index contributed by atoms with van der Waals surface area (Å²) in [5, 5.41) is 12.5. The van der Waals surface area contributed by atoms with E-state index in [1.165, 1.54) is 104 Å². The summed E-state index contributed by atoms with van der Waals surface area (Å²) in [6, 6.07) is 75.9. The third-order valence-electron chi connectivity index (χ3n) is 11.9. The monoisotopic (exact) mass is 710 g/mol. The van der Waals surface area contributed by atoms with Crippen LogP contribution in [0.1, 0.15) is 0 Å². The molecule has 2 nitrogen and oxygen atoms in total. The van der Waals surface area contributed by atoms with E-state index in [2.05, 4.69) is 215 Å². The van der Waals surface area contributed by atoms with Gasteiger partial charge in [-0.25, -0.2) is 0 Å². The Morgan fingerprint density at radius 1 is 0.232 bits per heavy atom. The quantitative estimate of drug-likeness (QED) is 0.173. The Morgan fingerprint density at radius 2 is 0.625 bits per heavy atom. The molecule has 0 aliphatic rings. The molecule has 0 aliphatic carbocycles. The van der Waals surface area contributed by atoms with Crippen LogP contribution in [0.4, 0.5) is 0 Å². The second-order valence-corrected chi connectivity index (χ2v) is 14.9. The second-order valence-electron chi connectivity index (χ2n) is 14.9. The first-order chi connectivity index (χ1) is 27.8. The molecule has 12 rings (SSSR count). The fourth-order valence-electron chi connectivity index (χ4n) is 9.38. The molecule has 0 saturated carbocycles. The lowest BCUT2D eigenvalue weighted by Gasteiger charge is -2.10. The van der Waals surface area contributed by atoms with Crippen molar-refractivity contribution in [2.45, 2.75) is 0 Å². The molecule has 0 radical (unpaired) electrons. The third-order valence-corrected chi connectivity index (χ3v) is 11.9. The molecule has 12 aromatic rings. The Bertz CT molecular complexity index is 3570. The van der Waals surface area contributed by atoms with Crippen LogP contribution in [0, 0.1) is 0 Å². The average molecular weight is 711 g/mol. The average Bonchev–Trinajstić information content (AvgIpc) is 3.80. The van der Waals surface area contributed by atoms with Crippen LogP contribution in [-0.2, 0) is 0 Å². The standard InChI is InChI=1S/C54H34N2/c1-2-13-35(14-3-1)36-25-29-39(30-26-36)55-50-23-10-9-20-45(50)48-33-37(27-31-52(48)55)38-28-32-53-49(34-38)47-22-12-21-46-43-18-7-5-16-41(43)40-15-4-6-17-42(40)44-19-8-11-24-51(44)56(53)54(46)47/h1-34H. The van der Waals surface area contributed by atoms with Gasteiger partial charge in [-0.1, -0.05) is 158 Å². The predicted octanol–water partition coefficient (Wildman–Crippen LogP) is 14.7. The Hall–Kier alpha value is -7.42. The van der Waals surface area contributed by atoms with Crippen molar-refractivity contribution in [1.82, 2.24) is 8.97 Å². The lowest BCUT2D eigenvalue weighted by atomic mass is 9.99. The zero-order chi connectivity index (χ0) is 36.7. The molecule has 260 valence electrons. The molecule has 3 aromatic heterocycles. The van der Waals surface area contributed by atoms with Gasteiger partial charge in [-0.3, -0.25) is 0 Å². The maximum absolute atomic E-state index is 2.51. The van der Waals surface area contributed by atoms with Crippen molar-refractivity contribution in [1.29, 1.82) is 0 Å². The minimum atomic E-state index is 1.16. The van der Waals surface area contributed by atoms with E-state index in [1.54, 1.807) is 0 Å². The molecule has 0 fully saturated rings.